The van der Waals surface area contributed by atoms with Crippen molar-refractivity contribution in [1.82, 2.24) is 0 Å². The number of carbonyl (C=O) groups excluding carboxylic acids is 1. The molecule has 0 aromatic heterocycles. The van der Waals surface area contributed by atoms with Crippen LogP contribution in [0.4, 0.5) is 0 Å². The maximum absolute atomic E-state index is 10.4. The standard InChI is InChI=1S/C6H6O/c7-6-4-2-1-3-5-6/h2-3H,4-5H2. The van der Waals surface area contributed by atoms with Crippen molar-refractivity contribution < 1.29 is 4.79 Å². The van der Waals surface area contributed by atoms with Crippen LogP contribution >= 0.6 is 0 Å². The Balaban J connectivity index is 2.66. The molecule has 1 rings (SSSR count). The monoisotopic (exact) mass is 94.0 g/mol. The Bertz CT molecular complexity index is 126. The molecule has 1 aliphatic carbocycles. The highest BCUT2D eigenvalue weighted by Gasteiger charge is 1.96. The van der Waals surface area contributed by atoms with Gasteiger partial charge in [0.25, 0.3) is 0 Å². The lowest BCUT2D eigenvalue weighted by Crippen LogP contribution is -1.93. The number of hydrogen-bond donors (Lipinski definition) is 0. The van der Waals surface area contributed by atoms with Gasteiger partial charge in [0.1, 0.15) is 5.78 Å². The van der Waals surface area contributed by atoms with Gasteiger partial charge < -0.3 is 0 Å². The Morgan fingerprint density at radius 3 is 2.29 bits per heavy atom. The first-order chi connectivity index (χ1) is 3.39. The molecule has 1 heteroatoms. The summed E-state index contributed by atoms with van der Waals surface area (Å²) >= 11 is 0. The topological polar surface area (TPSA) is 17.1 Å². The second-order valence-corrected chi connectivity index (χ2v) is 1.52. The van der Waals surface area contributed by atoms with Crippen LogP contribution < -0.4 is 0 Å². The molecule has 0 N–H and O–H groups in total. The fourth-order valence-electron chi connectivity index (χ4n) is 0.512. The zero-order chi connectivity index (χ0) is 5.11. The first kappa shape index (κ1) is 4.35. The normalized spacial score (nSPS) is 18.0. The minimum Gasteiger partial charge on any atom is -0.299 e. The molecule has 0 aromatic carbocycles. The van der Waals surface area contributed by atoms with E-state index < -0.39 is 0 Å². The molecule has 0 fully saturated rings. The summed E-state index contributed by atoms with van der Waals surface area (Å²) in [6.45, 7) is 0. The second kappa shape index (κ2) is 1.76. The molecule has 0 bridgehead atoms. The van der Waals surface area contributed by atoms with Gasteiger partial charge in [-0.15, -0.1) is 5.73 Å². The van der Waals surface area contributed by atoms with E-state index in [0.717, 1.165) is 0 Å². The summed E-state index contributed by atoms with van der Waals surface area (Å²) in [5.41, 5.74) is 2.84. The van der Waals surface area contributed by atoms with Gasteiger partial charge in [0.2, 0.25) is 0 Å². The van der Waals surface area contributed by atoms with Gasteiger partial charge in [-0.05, 0) is 12.2 Å². The number of rotatable bonds is 0. The lowest BCUT2D eigenvalue weighted by molar-refractivity contribution is -0.117. The molecule has 36 valence electrons. The van der Waals surface area contributed by atoms with Crippen LogP contribution in [0.2, 0.25) is 0 Å². The molecule has 0 atom stereocenters. The van der Waals surface area contributed by atoms with E-state index in [4.69, 9.17) is 0 Å². The summed E-state index contributed by atoms with van der Waals surface area (Å²) in [5, 5.41) is 0. The van der Waals surface area contributed by atoms with Gasteiger partial charge >= 0.3 is 0 Å². The third-order valence-electron chi connectivity index (χ3n) is 0.895. The van der Waals surface area contributed by atoms with Crippen molar-refractivity contribution in [2.45, 2.75) is 12.8 Å². The van der Waals surface area contributed by atoms with E-state index in [-0.39, 0.29) is 0 Å². The van der Waals surface area contributed by atoms with Gasteiger partial charge in [-0.2, -0.15) is 0 Å². The maximum Gasteiger partial charge on any atom is 0.141 e. The molecule has 0 unspecified atom stereocenters. The van der Waals surface area contributed by atoms with Crippen molar-refractivity contribution >= 4 is 5.78 Å². The van der Waals surface area contributed by atoms with E-state index in [1.165, 1.54) is 0 Å². The van der Waals surface area contributed by atoms with E-state index in [0.29, 0.717) is 18.6 Å². The first-order valence-corrected chi connectivity index (χ1v) is 2.31. The molecule has 0 saturated carbocycles. The molecule has 0 radical (unpaired) electrons. The predicted octanol–water partition coefficient (Wildman–Crippen LogP) is 1.06. The van der Waals surface area contributed by atoms with Crippen LogP contribution in [0.25, 0.3) is 0 Å². The van der Waals surface area contributed by atoms with Gasteiger partial charge in [0.05, 0.1) is 0 Å². The molecular weight excluding hydrogens is 88.1 g/mol. The average molecular weight is 94.1 g/mol. The number of Topliss-reactive ketones (excluding diaryl/α,β-unsaturated/α-hetero) is 1. The Morgan fingerprint density at radius 2 is 2.00 bits per heavy atom. The van der Waals surface area contributed by atoms with Crippen molar-refractivity contribution in [3.63, 3.8) is 0 Å². The minimum absolute atomic E-state index is 0.291. The summed E-state index contributed by atoms with van der Waals surface area (Å²) in [7, 11) is 0. The van der Waals surface area contributed by atoms with Crippen LogP contribution in [0.15, 0.2) is 17.9 Å². The van der Waals surface area contributed by atoms with E-state index in [1.807, 2.05) is 0 Å². The third kappa shape index (κ3) is 1.02. The molecular formula is C6H6O. The molecule has 0 amide bonds. The molecule has 0 aliphatic heterocycles. The van der Waals surface area contributed by atoms with E-state index >= 15 is 0 Å². The van der Waals surface area contributed by atoms with Gasteiger partial charge in [-0.25, -0.2) is 0 Å². The Kier molecular flexibility index (Phi) is 1.10. The lowest BCUT2D eigenvalue weighted by Gasteiger charge is -1.90. The highest BCUT2D eigenvalue weighted by atomic mass is 16.1. The van der Waals surface area contributed by atoms with E-state index in [9.17, 15) is 4.79 Å². The van der Waals surface area contributed by atoms with Crippen LogP contribution in [0.3, 0.4) is 0 Å². The quantitative estimate of drug-likeness (QED) is 0.410. The molecule has 0 spiro atoms. The molecule has 0 saturated heterocycles. The highest BCUT2D eigenvalue weighted by molar-refractivity contribution is 5.82. The Morgan fingerprint density at radius 1 is 1.43 bits per heavy atom. The number of allylic oxidation sites excluding steroid dienone is 1. The fraction of sp³-hybridized carbons (Fsp3) is 0.333. The average Bonchev–Trinajstić information content (AvgIpc) is 1.69. The van der Waals surface area contributed by atoms with Gasteiger partial charge in [0.15, 0.2) is 0 Å². The van der Waals surface area contributed by atoms with Crippen molar-refractivity contribution in [2.24, 2.45) is 0 Å². The van der Waals surface area contributed by atoms with Crippen LogP contribution in [-0.2, 0) is 4.79 Å². The largest absolute Gasteiger partial charge is 0.299 e. The van der Waals surface area contributed by atoms with Gasteiger partial charge in [0, 0.05) is 12.8 Å². The third-order valence-corrected chi connectivity index (χ3v) is 0.895. The van der Waals surface area contributed by atoms with E-state index in [2.05, 4.69) is 5.73 Å². The lowest BCUT2D eigenvalue weighted by atomic mass is 10.1. The Hall–Kier alpha value is -0.810. The smallest absolute Gasteiger partial charge is 0.141 e. The molecule has 7 heavy (non-hydrogen) atoms. The number of ketones is 1. The maximum atomic E-state index is 10.4. The van der Waals surface area contributed by atoms with Crippen molar-refractivity contribution in [2.75, 3.05) is 0 Å². The zero-order valence-electron chi connectivity index (χ0n) is 3.98. The summed E-state index contributed by atoms with van der Waals surface area (Å²) in [6.07, 6.45) is 4.67. The molecule has 1 nitrogen and oxygen atoms in total. The first-order valence-electron chi connectivity index (χ1n) is 2.31. The van der Waals surface area contributed by atoms with Crippen LogP contribution in [0.5, 0.6) is 0 Å². The predicted molar refractivity (Wildman–Crippen MR) is 26.9 cm³/mol. The number of carbonyl (C=O) groups is 1. The number of hydrogen-bond acceptors (Lipinski definition) is 1. The molecule has 0 heterocycles. The summed E-state index contributed by atoms with van der Waals surface area (Å²) in [6, 6.07) is 0. The van der Waals surface area contributed by atoms with Crippen molar-refractivity contribution in [3.05, 3.63) is 17.9 Å². The van der Waals surface area contributed by atoms with Crippen LogP contribution in [0.1, 0.15) is 12.8 Å². The SMILES string of the molecule is O=C1CC=C=CC1. The van der Waals surface area contributed by atoms with Gasteiger partial charge in [-0.3, -0.25) is 4.79 Å². The molecule has 1 aliphatic rings. The summed E-state index contributed by atoms with van der Waals surface area (Å²) in [5.74, 6) is 0.291. The Labute approximate surface area is 42.3 Å². The van der Waals surface area contributed by atoms with Crippen LogP contribution in [0, 0.1) is 0 Å². The minimum atomic E-state index is 0.291. The molecule has 0 aromatic rings. The van der Waals surface area contributed by atoms with Crippen LogP contribution in [-0.4, -0.2) is 5.78 Å². The van der Waals surface area contributed by atoms with E-state index in [1.54, 1.807) is 12.2 Å². The fourth-order valence-corrected chi connectivity index (χ4v) is 0.512. The van der Waals surface area contributed by atoms with Gasteiger partial charge in [-0.1, -0.05) is 0 Å². The second-order valence-electron chi connectivity index (χ2n) is 1.52. The summed E-state index contributed by atoms with van der Waals surface area (Å²) < 4.78 is 0. The van der Waals surface area contributed by atoms with Crippen molar-refractivity contribution in [3.8, 4) is 0 Å². The zero-order valence-corrected chi connectivity index (χ0v) is 3.98. The van der Waals surface area contributed by atoms with Crippen molar-refractivity contribution in [1.29, 1.82) is 0 Å². The summed E-state index contributed by atoms with van der Waals surface area (Å²) in [4.78, 5) is 10.4. The highest BCUT2D eigenvalue weighted by Crippen LogP contribution is 1.96.